The Balaban J connectivity index is 3.24. The molecule has 0 fully saturated rings. The van der Waals surface area contributed by atoms with Crippen molar-refractivity contribution in [3.8, 4) is 0 Å². The van der Waals surface area contributed by atoms with Gasteiger partial charge in [0.1, 0.15) is 0 Å². The van der Waals surface area contributed by atoms with Gasteiger partial charge in [-0.2, -0.15) is 5.10 Å². The van der Waals surface area contributed by atoms with E-state index in [2.05, 4.69) is 5.10 Å². The first-order valence-electron chi connectivity index (χ1n) is 5.36. The van der Waals surface area contributed by atoms with Gasteiger partial charge in [0.25, 0.3) is 5.92 Å². The Kier molecular flexibility index (Phi) is 3.68. The van der Waals surface area contributed by atoms with E-state index >= 15 is 0 Å². The number of alkyl halides is 2. The van der Waals surface area contributed by atoms with Gasteiger partial charge in [0.05, 0.1) is 11.3 Å². The molecule has 0 aliphatic rings. The molecule has 3 nitrogen and oxygen atoms in total. The second-order valence-electron chi connectivity index (χ2n) is 4.26. The van der Waals surface area contributed by atoms with Crippen LogP contribution in [0.5, 0.6) is 0 Å². The van der Waals surface area contributed by atoms with E-state index < -0.39 is 19.0 Å². The van der Waals surface area contributed by atoms with E-state index in [-0.39, 0.29) is 11.6 Å². The Morgan fingerprint density at radius 1 is 1.38 bits per heavy atom. The minimum Gasteiger partial charge on any atom is -0.396 e. The first-order valence-corrected chi connectivity index (χ1v) is 5.36. The van der Waals surface area contributed by atoms with Crippen molar-refractivity contribution in [2.45, 2.75) is 46.1 Å². The summed E-state index contributed by atoms with van der Waals surface area (Å²) >= 11 is 0. The zero-order valence-corrected chi connectivity index (χ0v) is 10.1. The summed E-state index contributed by atoms with van der Waals surface area (Å²) in [5.74, 6) is -3.00. The third-order valence-electron chi connectivity index (χ3n) is 2.61. The van der Waals surface area contributed by atoms with Crippen molar-refractivity contribution in [1.29, 1.82) is 0 Å². The van der Waals surface area contributed by atoms with Gasteiger partial charge in [-0.15, -0.1) is 0 Å². The smallest absolute Gasteiger partial charge is 0.278 e. The Bertz CT molecular complexity index is 372. The van der Waals surface area contributed by atoms with Gasteiger partial charge in [0, 0.05) is 24.8 Å². The molecule has 0 bridgehead atoms. The van der Waals surface area contributed by atoms with Crippen molar-refractivity contribution >= 4 is 0 Å². The third kappa shape index (κ3) is 2.24. The maximum atomic E-state index is 13.7. The number of aromatic nitrogens is 2. The minimum atomic E-state index is -3.00. The molecule has 0 atom stereocenters. The second kappa shape index (κ2) is 4.49. The minimum absolute atomic E-state index is 0.0461. The molecule has 0 saturated carbocycles. The lowest BCUT2D eigenvalue weighted by atomic mass is 10.0. The highest BCUT2D eigenvalue weighted by atomic mass is 19.3. The summed E-state index contributed by atoms with van der Waals surface area (Å²) in [6, 6.07) is 0.0531. The molecule has 0 radical (unpaired) electrons. The Morgan fingerprint density at radius 2 is 1.94 bits per heavy atom. The molecule has 5 heteroatoms. The van der Waals surface area contributed by atoms with Gasteiger partial charge in [0.15, 0.2) is 0 Å². The van der Waals surface area contributed by atoms with Gasteiger partial charge in [-0.05, 0) is 27.7 Å². The van der Waals surface area contributed by atoms with Crippen LogP contribution < -0.4 is 0 Å². The van der Waals surface area contributed by atoms with Gasteiger partial charge in [-0.1, -0.05) is 0 Å². The lowest BCUT2D eigenvalue weighted by Crippen LogP contribution is -2.17. The molecule has 0 aromatic carbocycles. The van der Waals surface area contributed by atoms with Gasteiger partial charge in [0.2, 0.25) is 0 Å². The topological polar surface area (TPSA) is 38.0 Å². The van der Waals surface area contributed by atoms with Crippen LogP contribution in [0.3, 0.4) is 0 Å². The zero-order chi connectivity index (χ0) is 12.5. The molecule has 0 spiro atoms. The van der Waals surface area contributed by atoms with Crippen molar-refractivity contribution in [1.82, 2.24) is 9.78 Å². The molecule has 1 rings (SSSR count). The zero-order valence-electron chi connectivity index (χ0n) is 10.1. The van der Waals surface area contributed by atoms with Crippen molar-refractivity contribution in [2.24, 2.45) is 0 Å². The number of hydrogen-bond donors (Lipinski definition) is 1. The Labute approximate surface area is 94.1 Å². The SMILES string of the molecule is Cc1nn(C(C)C)c(C)c1C(F)(F)CCO. The first kappa shape index (κ1) is 13.1. The van der Waals surface area contributed by atoms with Crippen LogP contribution in [0, 0.1) is 13.8 Å². The maximum Gasteiger partial charge on any atom is 0.278 e. The number of aryl methyl sites for hydroxylation is 1. The fourth-order valence-electron chi connectivity index (χ4n) is 1.96. The lowest BCUT2D eigenvalue weighted by Gasteiger charge is -2.16. The van der Waals surface area contributed by atoms with Crippen LogP contribution in [-0.2, 0) is 5.92 Å². The van der Waals surface area contributed by atoms with E-state index in [0.29, 0.717) is 11.4 Å². The number of aliphatic hydroxyl groups is 1. The average molecular weight is 232 g/mol. The summed E-state index contributed by atoms with van der Waals surface area (Å²) in [6.45, 7) is 6.48. The summed E-state index contributed by atoms with van der Waals surface area (Å²) < 4.78 is 29.1. The lowest BCUT2D eigenvalue weighted by molar-refractivity contribution is -0.0281. The number of rotatable bonds is 4. The van der Waals surface area contributed by atoms with Gasteiger partial charge >= 0.3 is 0 Å². The maximum absolute atomic E-state index is 13.7. The number of halogens is 2. The van der Waals surface area contributed by atoms with Crippen LogP contribution in [0.4, 0.5) is 8.78 Å². The van der Waals surface area contributed by atoms with Crippen LogP contribution in [0.15, 0.2) is 0 Å². The standard InChI is InChI=1S/C11H18F2N2O/c1-7(2)15-9(4)10(8(3)14-15)11(12,13)5-6-16/h7,16H,5-6H2,1-4H3. The van der Waals surface area contributed by atoms with E-state index in [0.717, 1.165) is 0 Å². The molecule has 1 aromatic rings. The Hall–Kier alpha value is -0.970. The molecular weight excluding hydrogens is 214 g/mol. The van der Waals surface area contributed by atoms with Gasteiger partial charge in [-0.25, -0.2) is 8.78 Å². The average Bonchev–Trinajstić information content (AvgIpc) is 2.41. The van der Waals surface area contributed by atoms with E-state index in [1.54, 1.807) is 18.5 Å². The Morgan fingerprint density at radius 3 is 2.31 bits per heavy atom. The summed E-state index contributed by atoms with van der Waals surface area (Å²) in [4.78, 5) is 0. The quantitative estimate of drug-likeness (QED) is 0.866. The summed E-state index contributed by atoms with van der Waals surface area (Å²) in [5.41, 5.74) is 0.769. The monoisotopic (exact) mass is 232 g/mol. The highest BCUT2D eigenvalue weighted by molar-refractivity contribution is 5.29. The molecule has 0 aliphatic carbocycles. The summed E-state index contributed by atoms with van der Waals surface area (Å²) in [6.07, 6.45) is -0.557. The molecule has 16 heavy (non-hydrogen) atoms. The van der Waals surface area contributed by atoms with Crippen molar-refractivity contribution < 1.29 is 13.9 Å². The number of aliphatic hydroxyl groups excluding tert-OH is 1. The van der Waals surface area contributed by atoms with E-state index in [1.165, 1.54) is 0 Å². The van der Waals surface area contributed by atoms with Crippen molar-refractivity contribution in [3.05, 3.63) is 17.0 Å². The first-order chi connectivity index (χ1) is 7.31. The van der Waals surface area contributed by atoms with E-state index in [9.17, 15) is 8.78 Å². The van der Waals surface area contributed by atoms with Crippen LogP contribution in [0.1, 0.15) is 43.3 Å². The number of hydrogen-bond acceptors (Lipinski definition) is 2. The van der Waals surface area contributed by atoms with E-state index in [4.69, 9.17) is 5.11 Å². The molecule has 0 aliphatic heterocycles. The molecular formula is C11H18F2N2O. The fraction of sp³-hybridized carbons (Fsp3) is 0.727. The fourth-order valence-corrected chi connectivity index (χ4v) is 1.96. The highest BCUT2D eigenvalue weighted by Crippen LogP contribution is 2.36. The highest BCUT2D eigenvalue weighted by Gasteiger charge is 2.37. The largest absolute Gasteiger partial charge is 0.396 e. The van der Waals surface area contributed by atoms with Crippen molar-refractivity contribution in [3.63, 3.8) is 0 Å². The predicted molar refractivity (Wildman–Crippen MR) is 57.7 cm³/mol. The predicted octanol–water partition coefficient (Wildman–Crippen LogP) is 2.56. The van der Waals surface area contributed by atoms with Gasteiger partial charge in [-0.3, -0.25) is 4.68 Å². The van der Waals surface area contributed by atoms with Crippen LogP contribution in [0.2, 0.25) is 0 Å². The van der Waals surface area contributed by atoms with Crippen molar-refractivity contribution in [2.75, 3.05) is 6.61 Å². The molecule has 1 heterocycles. The molecule has 0 saturated heterocycles. The molecule has 1 aromatic heterocycles. The van der Waals surface area contributed by atoms with Crippen LogP contribution in [0.25, 0.3) is 0 Å². The van der Waals surface area contributed by atoms with Gasteiger partial charge < -0.3 is 5.11 Å². The van der Waals surface area contributed by atoms with Crippen LogP contribution in [-0.4, -0.2) is 21.5 Å². The molecule has 0 amide bonds. The molecule has 0 unspecified atom stereocenters. The van der Waals surface area contributed by atoms with Crippen LogP contribution >= 0.6 is 0 Å². The summed E-state index contributed by atoms with van der Waals surface area (Å²) in [7, 11) is 0. The van der Waals surface area contributed by atoms with E-state index in [1.807, 2.05) is 13.8 Å². The molecule has 92 valence electrons. The molecule has 1 N–H and O–H groups in total. The normalized spacial score (nSPS) is 12.5. The second-order valence-corrected chi connectivity index (χ2v) is 4.26. The summed E-state index contributed by atoms with van der Waals surface area (Å²) in [5, 5.41) is 12.8. The number of nitrogens with zero attached hydrogens (tertiary/aromatic N) is 2. The third-order valence-corrected chi connectivity index (χ3v) is 2.61.